The average Bonchev–Trinajstić information content (AvgIpc) is 2.59. The molecule has 0 saturated carbocycles. The van der Waals surface area contributed by atoms with Gasteiger partial charge in [0.25, 0.3) is 0 Å². The van der Waals surface area contributed by atoms with E-state index in [1.807, 2.05) is 0 Å². The predicted octanol–water partition coefficient (Wildman–Crippen LogP) is 5.52. The van der Waals surface area contributed by atoms with Crippen LogP contribution in [0.25, 0.3) is 5.57 Å². The maximum Gasteiger partial charge on any atom is 0.422 e. The average molecular weight is 403 g/mol. The van der Waals surface area contributed by atoms with E-state index in [0.717, 1.165) is 0 Å². The molecule has 0 aromatic heterocycles. The monoisotopic (exact) mass is 403 g/mol. The Morgan fingerprint density at radius 1 is 1.04 bits per heavy atom. The van der Waals surface area contributed by atoms with Gasteiger partial charge in [0.15, 0.2) is 6.61 Å². The highest BCUT2D eigenvalue weighted by Gasteiger charge is 2.35. The lowest BCUT2D eigenvalue weighted by Crippen LogP contribution is -2.20. The van der Waals surface area contributed by atoms with Crippen molar-refractivity contribution in [2.24, 2.45) is 0 Å². The number of amides is 1. The minimum atomic E-state index is -4.80. The molecule has 0 saturated heterocycles. The SMILES string of the molecule is Cc1ccc(NC(=O)/C=C(/c2ccccc2)C(F)(F)F)c(OCC(F)(F)F)c1. The third-order valence-electron chi connectivity index (χ3n) is 3.45. The van der Waals surface area contributed by atoms with E-state index in [1.165, 1.54) is 48.5 Å². The van der Waals surface area contributed by atoms with Crippen molar-refractivity contribution in [3.63, 3.8) is 0 Å². The highest BCUT2D eigenvalue weighted by Crippen LogP contribution is 2.34. The van der Waals surface area contributed by atoms with Gasteiger partial charge in [0, 0.05) is 6.08 Å². The Balaban J connectivity index is 2.29. The van der Waals surface area contributed by atoms with Crippen molar-refractivity contribution in [3.8, 4) is 5.75 Å². The fraction of sp³-hybridized carbons (Fsp3) is 0.211. The Kier molecular flexibility index (Phi) is 6.37. The minimum Gasteiger partial charge on any atom is -0.482 e. The van der Waals surface area contributed by atoms with E-state index in [4.69, 9.17) is 0 Å². The Morgan fingerprint density at radius 3 is 2.25 bits per heavy atom. The molecule has 1 amide bonds. The second kappa shape index (κ2) is 8.37. The van der Waals surface area contributed by atoms with Crippen molar-refractivity contribution in [1.29, 1.82) is 0 Å². The summed E-state index contributed by atoms with van der Waals surface area (Å²) < 4.78 is 81.7. The molecule has 2 aromatic rings. The summed E-state index contributed by atoms with van der Waals surface area (Å²) >= 11 is 0. The van der Waals surface area contributed by atoms with Crippen LogP contribution in [0, 0.1) is 6.92 Å². The van der Waals surface area contributed by atoms with Gasteiger partial charge in [-0.1, -0.05) is 36.4 Å². The van der Waals surface area contributed by atoms with Crippen LogP contribution in [0.3, 0.4) is 0 Å². The largest absolute Gasteiger partial charge is 0.482 e. The van der Waals surface area contributed by atoms with Gasteiger partial charge in [-0.25, -0.2) is 0 Å². The predicted molar refractivity (Wildman–Crippen MR) is 91.8 cm³/mol. The molecule has 28 heavy (non-hydrogen) atoms. The molecule has 1 N–H and O–H groups in total. The van der Waals surface area contributed by atoms with Crippen molar-refractivity contribution in [2.45, 2.75) is 19.3 Å². The summed E-state index contributed by atoms with van der Waals surface area (Å²) in [4.78, 5) is 12.1. The fourth-order valence-electron chi connectivity index (χ4n) is 2.26. The quantitative estimate of drug-likeness (QED) is 0.527. The Bertz CT molecular complexity index is 857. The normalized spacial score (nSPS) is 12.6. The van der Waals surface area contributed by atoms with Gasteiger partial charge in [0.1, 0.15) is 5.75 Å². The first-order valence-corrected chi connectivity index (χ1v) is 7.91. The number of benzene rings is 2. The molecule has 0 aliphatic carbocycles. The van der Waals surface area contributed by atoms with Crippen LogP contribution >= 0.6 is 0 Å². The van der Waals surface area contributed by atoms with Gasteiger partial charge in [-0.3, -0.25) is 4.79 Å². The standard InChI is InChI=1S/C19H15F6NO2/c1-12-7-8-15(16(9-12)28-11-18(20,21)22)26-17(27)10-14(19(23,24)25)13-5-3-2-4-6-13/h2-10H,11H2,1H3,(H,26,27)/b14-10-. The van der Waals surface area contributed by atoms with E-state index in [2.05, 4.69) is 10.1 Å². The first-order valence-electron chi connectivity index (χ1n) is 7.91. The summed E-state index contributed by atoms with van der Waals surface area (Å²) in [5.41, 5.74) is -1.03. The number of hydrogen-bond acceptors (Lipinski definition) is 2. The zero-order chi connectivity index (χ0) is 20.9. The summed E-state index contributed by atoms with van der Waals surface area (Å²) in [5.74, 6) is -1.45. The van der Waals surface area contributed by atoms with Gasteiger partial charge < -0.3 is 10.1 Å². The van der Waals surface area contributed by atoms with Gasteiger partial charge in [-0.2, -0.15) is 26.3 Å². The van der Waals surface area contributed by atoms with Crippen LogP contribution in [0.15, 0.2) is 54.6 Å². The molecule has 0 bridgehead atoms. The zero-order valence-corrected chi connectivity index (χ0v) is 14.5. The number of carbonyl (C=O) groups is 1. The number of rotatable bonds is 5. The summed E-state index contributed by atoms with van der Waals surface area (Å²) in [6.45, 7) is -0.0178. The molecule has 0 aliphatic rings. The molecule has 2 aromatic carbocycles. The number of hydrogen-bond donors (Lipinski definition) is 1. The van der Waals surface area contributed by atoms with E-state index in [1.54, 1.807) is 6.92 Å². The van der Waals surface area contributed by atoms with Crippen molar-refractivity contribution >= 4 is 17.2 Å². The maximum absolute atomic E-state index is 13.3. The molecule has 0 atom stereocenters. The summed E-state index contributed by atoms with van der Waals surface area (Å²) in [5, 5.41) is 2.14. The smallest absolute Gasteiger partial charge is 0.422 e. The molecule has 0 spiro atoms. The highest BCUT2D eigenvalue weighted by atomic mass is 19.4. The Labute approximate surface area is 156 Å². The number of nitrogens with one attached hydrogen (secondary N) is 1. The van der Waals surface area contributed by atoms with Crippen LogP contribution < -0.4 is 10.1 Å². The Morgan fingerprint density at radius 2 is 1.68 bits per heavy atom. The summed E-state index contributed by atoms with van der Waals surface area (Å²) in [6, 6.07) is 10.6. The molecular formula is C19H15F6NO2. The van der Waals surface area contributed by atoms with Crippen molar-refractivity contribution in [2.75, 3.05) is 11.9 Å². The molecule has 9 heteroatoms. The second-order valence-corrected chi connectivity index (χ2v) is 5.81. The van der Waals surface area contributed by atoms with Crippen LogP contribution in [0.4, 0.5) is 32.0 Å². The molecular weight excluding hydrogens is 388 g/mol. The molecule has 150 valence electrons. The van der Waals surface area contributed by atoms with E-state index in [0.29, 0.717) is 11.6 Å². The maximum atomic E-state index is 13.3. The number of halogens is 6. The number of aryl methyl sites for hydroxylation is 1. The number of alkyl halides is 6. The van der Waals surface area contributed by atoms with Crippen LogP contribution in [-0.4, -0.2) is 24.9 Å². The minimum absolute atomic E-state index is 0.175. The third-order valence-corrected chi connectivity index (χ3v) is 3.45. The van der Waals surface area contributed by atoms with E-state index >= 15 is 0 Å². The van der Waals surface area contributed by atoms with Gasteiger partial charge in [-0.15, -0.1) is 0 Å². The fourth-order valence-corrected chi connectivity index (χ4v) is 2.26. The topological polar surface area (TPSA) is 38.3 Å². The third kappa shape index (κ3) is 6.33. The molecule has 0 aliphatic heterocycles. The van der Waals surface area contributed by atoms with Gasteiger partial charge >= 0.3 is 12.4 Å². The van der Waals surface area contributed by atoms with Crippen LogP contribution in [0.5, 0.6) is 5.75 Å². The lowest BCUT2D eigenvalue weighted by atomic mass is 10.1. The van der Waals surface area contributed by atoms with E-state index in [9.17, 15) is 31.1 Å². The molecule has 0 heterocycles. The van der Waals surface area contributed by atoms with Gasteiger partial charge in [0.05, 0.1) is 11.3 Å². The van der Waals surface area contributed by atoms with Crippen molar-refractivity contribution in [1.82, 2.24) is 0 Å². The molecule has 0 unspecified atom stereocenters. The number of anilines is 1. The molecule has 0 radical (unpaired) electrons. The highest BCUT2D eigenvalue weighted by molar-refractivity contribution is 6.05. The number of ether oxygens (including phenoxy) is 1. The van der Waals surface area contributed by atoms with Crippen LogP contribution in [-0.2, 0) is 4.79 Å². The van der Waals surface area contributed by atoms with Gasteiger partial charge in [-0.05, 0) is 30.2 Å². The van der Waals surface area contributed by atoms with Crippen LogP contribution in [0.1, 0.15) is 11.1 Å². The van der Waals surface area contributed by atoms with Crippen molar-refractivity contribution in [3.05, 3.63) is 65.7 Å². The number of carbonyl (C=O) groups excluding carboxylic acids is 1. The number of allylic oxidation sites excluding steroid dienone is 1. The van der Waals surface area contributed by atoms with Crippen LogP contribution in [0.2, 0.25) is 0 Å². The zero-order valence-electron chi connectivity index (χ0n) is 14.5. The second-order valence-electron chi connectivity index (χ2n) is 5.81. The summed E-state index contributed by atoms with van der Waals surface area (Å²) in [6.07, 6.45) is -9.06. The molecule has 3 nitrogen and oxygen atoms in total. The first-order chi connectivity index (χ1) is 13.0. The first kappa shape index (κ1) is 21.3. The lowest BCUT2D eigenvalue weighted by molar-refractivity contribution is -0.153. The van der Waals surface area contributed by atoms with Crippen molar-refractivity contribution < 1.29 is 35.9 Å². The summed E-state index contributed by atoms with van der Waals surface area (Å²) in [7, 11) is 0. The lowest BCUT2D eigenvalue weighted by Gasteiger charge is -2.15. The van der Waals surface area contributed by atoms with Gasteiger partial charge in [0.2, 0.25) is 5.91 Å². The van der Waals surface area contributed by atoms with E-state index < -0.39 is 30.4 Å². The van der Waals surface area contributed by atoms with E-state index in [-0.39, 0.29) is 17.0 Å². The molecule has 0 fully saturated rings. The Hall–Kier alpha value is -2.97. The molecule has 2 rings (SSSR count).